The highest BCUT2D eigenvalue weighted by atomic mass is 32.2. The van der Waals surface area contributed by atoms with Crippen molar-refractivity contribution in [2.45, 2.75) is 24.7 Å². The number of aryl methyl sites for hydroxylation is 1. The normalized spacial score (nSPS) is 16.2. The second-order valence-corrected chi connectivity index (χ2v) is 9.73. The van der Waals surface area contributed by atoms with Gasteiger partial charge in [0.05, 0.1) is 4.90 Å². The van der Waals surface area contributed by atoms with Crippen LogP contribution in [0.1, 0.15) is 11.1 Å². The van der Waals surface area contributed by atoms with E-state index in [1.807, 2.05) is 24.0 Å². The van der Waals surface area contributed by atoms with Gasteiger partial charge in [0.1, 0.15) is 11.3 Å². The lowest BCUT2D eigenvalue weighted by Gasteiger charge is -2.34. The van der Waals surface area contributed by atoms with Gasteiger partial charge in [-0.25, -0.2) is 13.2 Å². The molecule has 1 aliphatic heterocycles. The summed E-state index contributed by atoms with van der Waals surface area (Å²) in [6.45, 7) is 3.65. The van der Waals surface area contributed by atoms with Crippen LogP contribution in [0.15, 0.2) is 62.6 Å². The molecule has 176 valence electrons. The summed E-state index contributed by atoms with van der Waals surface area (Å²) >= 11 is 0. The summed E-state index contributed by atoms with van der Waals surface area (Å²) in [6.07, 6.45) is -4.85. The molecule has 1 aromatic heterocycles. The third kappa shape index (κ3) is 5.37. The smallest absolute Gasteiger partial charge is 0.423 e. The van der Waals surface area contributed by atoms with Crippen LogP contribution in [0.25, 0.3) is 11.0 Å². The minimum atomic E-state index is -4.85. The fourth-order valence-electron chi connectivity index (χ4n) is 3.80. The van der Waals surface area contributed by atoms with Crippen LogP contribution >= 0.6 is 0 Å². The molecule has 0 saturated carbocycles. The van der Waals surface area contributed by atoms with E-state index in [1.54, 1.807) is 6.07 Å². The first kappa shape index (κ1) is 23.3. The van der Waals surface area contributed by atoms with Crippen molar-refractivity contribution in [3.05, 3.63) is 70.1 Å². The molecule has 33 heavy (non-hydrogen) atoms. The number of hydrogen-bond acceptors (Lipinski definition) is 6. The van der Waals surface area contributed by atoms with Crippen LogP contribution in [0, 0.1) is 6.92 Å². The second kappa shape index (κ2) is 8.81. The highest BCUT2D eigenvalue weighted by Gasteiger charge is 2.32. The Morgan fingerprint density at radius 1 is 1.00 bits per heavy atom. The standard InChI is InChI=1S/C22H21F3N2O5S/c1-15-2-7-19-16(13-21(28)31-20(19)12-15)14-26-8-10-27(11-9-26)33(29,30)18-5-3-17(4-6-18)32-22(23,24)25/h2-7,12-13H,8-11,14H2,1H3. The van der Waals surface area contributed by atoms with Crippen molar-refractivity contribution < 1.29 is 30.7 Å². The molecule has 0 radical (unpaired) electrons. The van der Waals surface area contributed by atoms with E-state index in [4.69, 9.17) is 4.42 Å². The first-order valence-corrected chi connectivity index (χ1v) is 11.6. The van der Waals surface area contributed by atoms with Crippen molar-refractivity contribution in [1.29, 1.82) is 0 Å². The molecule has 0 atom stereocenters. The van der Waals surface area contributed by atoms with Gasteiger partial charge in [-0.1, -0.05) is 12.1 Å². The van der Waals surface area contributed by atoms with E-state index in [2.05, 4.69) is 4.74 Å². The van der Waals surface area contributed by atoms with E-state index in [0.29, 0.717) is 25.2 Å². The van der Waals surface area contributed by atoms with Gasteiger partial charge in [-0.2, -0.15) is 4.31 Å². The Labute approximate surface area is 188 Å². The average molecular weight is 482 g/mol. The first-order chi connectivity index (χ1) is 15.5. The van der Waals surface area contributed by atoms with E-state index in [9.17, 15) is 26.4 Å². The summed E-state index contributed by atoms with van der Waals surface area (Å²) in [4.78, 5) is 13.9. The zero-order chi connectivity index (χ0) is 23.8. The SMILES string of the molecule is Cc1ccc2c(CN3CCN(S(=O)(=O)c4ccc(OC(F)(F)F)cc4)CC3)cc(=O)oc2c1. The number of ether oxygens (including phenoxy) is 1. The van der Waals surface area contributed by atoms with Crippen LogP contribution < -0.4 is 10.4 Å². The monoisotopic (exact) mass is 482 g/mol. The van der Waals surface area contributed by atoms with Crippen molar-refractivity contribution >= 4 is 21.0 Å². The van der Waals surface area contributed by atoms with Gasteiger partial charge >= 0.3 is 12.0 Å². The lowest BCUT2D eigenvalue weighted by molar-refractivity contribution is -0.274. The van der Waals surface area contributed by atoms with Crippen molar-refractivity contribution in [2.24, 2.45) is 0 Å². The van der Waals surface area contributed by atoms with Gasteiger partial charge in [-0.05, 0) is 48.4 Å². The molecule has 1 saturated heterocycles. The van der Waals surface area contributed by atoms with E-state index < -0.39 is 27.8 Å². The fourth-order valence-corrected chi connectivity index (χ4v) is 5.22. The Morgan fingerprint density at radius 3 is 2.30 bits per heavy atom. The number of halogens is 3. The maximum Gasteiger partial charge on any atom is 0.573 e. The van der Waals surface area contributed by atoms with Crippen molar-refractivity contribution in [3.8, 4) is 5.75 Å². The number of nitrogens with zero attached hydrogens (tertiary/aromatic N) is 2. The van der Waals surface area contributed by atoms with Crippen molar-refractivity contribution in [3.63, 3.8) is 0 Å². The van der Waals surface area contributed by atoms with E-state index in [1.165, 1.54) is 10.4 Å². The molecule has 0 bridgehead atoms. The van der Waals surface area contributed by atoms with Crippen LogP contribution in [0.4, 0.5) is 13.2 Å². The van der Waals surface area contributed by atoms with E-state index in [0.717, 1.165) is 40.8 Å². The minimum Gasteiger partial charge on any atom is -0.423 e. The third-order valence-corrected chi connectivity index (χ3v) is 7.32. The van der Waals surface area contributed by atoms with Gasteiger partial charge in [0.2, 0.25) is 10.0 Å². The largest absolute Gasteiger partial charge is 0.573 e. The molecule has 2 aromatic carbocycles. The van der Waals surface area contributed by atoms with Crippen LogP contribution in [0.2, 0.25) is 0 Å². The van der Waals surface area contributed by atoms with Crippen LogP contribution in [0.3, 0.4) is 0 Å². The molecule has 0 spiro atoms. The third-order valence-electron chi connectivity index (χ3n) is 5.41. The van der Waals surface area contributed by atoms with Crippen molar-refractivity contribution in [1.82, 2.24) is 9.21 Å². The van der Waals surface area contributed by atoms with Crippen molar-refractivity contribution in [2.75, 3.05) is 26.2 Å². The van der Waals surface area contributed by atoms with Gasteiger partial charge in [-0.3, -0.25) is 4.90 Å². The molecule has 2 heterocycles. The predicted octanol–water partition coefficient (Wildman–Crippen LogP) is 3.51. The van der Waals surface area contributed by atoms with Gasteiger partial charge in [0.25, 0.3) is 0 Å². The molecule has 1 aliphatic rings. The van der Waals surface area contributed by atoms with E-state index >= 15 is 0 Å². The maximum absolute atomic E-state index is 12.9. The highest BCUT2D eigenvalue weighted by molar-refractivity contribution is 7.89. The lowest BCUT2D eigenvalue weighted by Crippen LogP contribution is -2.48. The topological polar surface area (TPSA) is 80.1 Å². The highest BCUT2D eigenvalue weighted by Crippen LogP contribution is 2.26. The number of piperazine rings is 1. The Bertz CT molecular complexity index is 1310. The second-order valence-electron chi connectivity index (χ2n) is 7.79. The molecular weight excluding hydrogens is 461 g/mol. The van der Waals surface area contributed by atoms with Gasteiger partial charge in [0, 0.05) is 44.2 Å². The zero-order valence-corrected chi connectivity index (χ0v) is 18.4. The Kier molecular flexibility index (Phi) is 6.21. The summed E-state index contributed by atoms with van der Waals surface area (Å²) in [7, 11) is -3.86. The molecule has 4 rings (SSSR count). The molecule has 0 unspecified atom stereocenters. The molecule has 7 nitrogen and oxygen atoms in total. The Morgan fingerprint density at radius 2 is 1.67 bits per heavy atom. The summed E-state index contributed by atoms with van der Waals surface area (Å²) in [5, 5.41) is 0.830. The van der Waals surface area contributed by atoms with Gasteiger partial charge < -0.3 is 9.15 Å². The summed E-state index contributed by atoms with van der Waals surface area (Å²) in [5.41, 5.74) is 1.84. The Balaban J connectivity index is 1.44. The fraction of sp³-hybridized carbons (Fsp3) is 0.318. The Hall–Kier alpha value is -2.89. The molecule has 0 aliphatic carbocycles. The summed E-state index contributed by atoms with van der Waals surface area (Å²) < 4.78 is 73.1. The van der Waals surface area contributed by atoms with Crippen LogP contribution in [-0.4, -0.2) is 50.2 Å². The number of sulfonamides is 1. The number of benzene rings is 2. The summed E-state index contributed by atoms with van der Waals surface area (Å²) in [6, 6.07) is 11.2. The molecule has 0 N–H and O–H groups in total. The lowest BCUT2D eigenvalue weighted by atomic mass is 10.1. The molecule has 11 heteroatoms. The quantitative estimate of drug-likeness (QED) is 0.518. The van der Waals surface area contributed by atoms with E-state index in [-0.39, 0.29) is 18.0 Å². The molecule has 3 aromatic rings. The number of alkyl halides is 3. The summed E-state index contributed by atoms with van der Waals surface area (Å²) in [5.74, 6) is -0.485. The number of hydrogen-bond donors (Lipinski definition) is 0. The minimum absolute atomic E-state index is 0.104. The predicted molar refractivity (Wildman–Crippen MR) is 114 cm³/mol. The number of rotatable bonds is 5. The van der Waals surface area contributed by atoms with Gasteiger partial charge in [-0.15, -0.1) is 13.2 Å². The number of fused-ring (bicyclic) bond motifs is 1. The molecule has 1 fully saturated rings. The maximum atomic E-state index is 12.9. The molecule has 0 amide bonds. The van der Waals surface area contributed by atoms with Crippen LogP contribution in [-0.2, 0) is 16.6 Å². The van der Waals surface area contributed by atoms with Crippen LogP contribution in [0.5, 0.6) is 5.75 Å². The zero-order valence-electron chi connectivity index (χ0n) is 17.6. The average Bonchev–Trinajstić information content (AvgIpc) is 2.73. The molecular formula is C22H21F3N2O5S. The van der Waals surface area contributed by atoms with Gasteiger partial charge in [0.15, 0.2) is 0 Å². The first-order valence-electron chi connectivity index (χ1n) is 10.1.